The molecule has 0 radical (unpaired) electrons. The van der Waals surface area contributed by atoms with Gasteiger partial charge in [-0.15, -0.1) is 11.3 Å². The van der Waals surface area contributed by atoms with Gasteiger partial charge in [-0.05, 0) is 31.3 Å². The summed E-state index contributed by atoms with van der Waals surface area (Å²) >= 11 is 2.98. The molecule has 5 nitrogen and oxygen atoms in total. The summed E-state index contributed by atoms with van der Waals surface area (Å²) < 4.78 is 4.22. The second kappa shape index (κ2) is 7.56. The highest BCUT2D eigenvalue weighted by Gasteiger charge is 2.16. The SMILES string of the molecule is Cc1csc(-c2c(N)nsc2NCCCCCCO)n1. The summed E-state index contributed by atoms with van der Waals surface area (Å²) in [4.78, 5) is 4.48. The van der Waals surface area contributed by atoms with Crippen LogP contribution in [-0.4, -0.2) is 27.6 Å². The van der Waals surface area contributed by atoms with E-state index in [0.29, 0.717) is 5.82 Å². The van der Waals surface area contributed by atoms with Gasteiger partial charge in [-0.25, -0.2) is 4.98 Å². The molecule has 2 aromatic heterocycles. The van der Waals surface area contributed by atoms with Crippen LogP contribution < -0.4 is 11.1 Å². The van der Waals surface area contributed by atoms with Gasteiger partial charge < -0.3 is 16.2 Å². The molecule has 20 heavy (non-hydrogen) atoms. The lowest BCUT2D eigenvalue weighted by atomic mass is 10.2. The molecule has 110 valence electrons. The monoisotopic (exact) mass is 312 g/mol. The van der Waals surface area contributed by atoms with E-state index in [4.69, 9.17) is 10.8 Å². The second-order valence-electron chi connectivity index (χ2n) is 4.63. The normalized spacial score (nSPS) is 10.9. The molecule has 0 spiro atoms. The van der Waals surface area contributed by atoms with Crippen molar-refractivity contribution >= 4 is 33.7 Å². The molecule has 0 atom stereocenters. The van der Waals surface area contributed by atoms with Gasteiger partial charge in [0.1, 0.15) is 15.8 Å². The average molecular weight is 312 g/mol. The number of aryl methyl sites for hydroxylation is 1. The molecule has 2 rings (SSSR count). The maximum absolute atomic E-state index is 8.73. The number of aliphatic hydroxyl groups excluding tert-OH is 1. The van der Waals surface area contributed by atoms with E-state index in [-0.39, 0.29) is 6.61 Å². The minimum absolute atomic E-state index is 0.284. The van der Waals surface area contributed by atoms with E-state index < -0.39 is 0 Å². The molecule has 0 aliphatic rings. The van der Waals surface area contributed by atoms with E-state index in [0.717, 1.165) is 53.5 Å². The molecular weight excluding hydrogens is 292 g/mol. The van der Waals surface area contributed by atoms with Crippen molar-refractivity contribution in [3.63, 3.8) is 0 Å². The first kappa shape index (κ1) is 15.2. The summed E-state index contributed by atoms with van der Waals surface area (Å²) in [6.45, 7) is 3.15. The number of nitrogen functional groups attached to an aromatic ring is 1. The lowest BCUT2D eigenvalue weighted by Gasteiger charge is -2.05. The Labute approximate surface area is 127 Å². The summed E-state index contributed by atoms with van der Waals surface area (Å²) in [5.41, 5.74) is 7.89. The van der Waals surface area contributed by atoms with E-state index in [1.54, 1.807) is 11.3 Å². The number of hydrogen-bond acceptors (Lipinski definition) is 7. The molecule has 0 aliphatic heterocycles. The minimum Gasteiger partial charge on any atom is -0.396 e. The van der Waals surface area contributed by atoms with Crippen molar-refractivity contribution in [2.24, 2.45) is 0 Å². The quantitative estimate of drug-likeness (QED) is 0.652. The van der Waals surface area contributed by atoms with Gasteiger partial charge in [0.15, 0.2) is 0 Å². The van der Waals surface area contributed by atoms with E-state index in [9.17, 15) is 0 Å². The van der Waals surface area contributed by atoms with Crippen molar-refractivity contribution < 1.29 is 5.11 Å². The molecule has 0 fully saturated rings. The molecule has 0 saturated heterocycles. The fraction of sp³-hybridized carbons (Fsp3) is 0.538. The van der Waals surface area contributed by atoms with Gasteiger partial charge in [-0.2, -0.15) is 4.37 Å². The first-order valence-corrected chi connectivity index (χ1v) is 8.40. The maximum Gasteiger partial charge on any atom is 0.149 e. The summed E-state index contributed by atoms with van der Waals surface area (Å²) in [5.74, 6) is 0.548. The van der Waals surface area contributed by atoms with Crippen molar-refractivity contribution in [1.29, 1.82) is 0 Å². The molecule has 4 N–H and O–H groups in total. The lowest BCUT2D eigenvalue weighted by Crippen LogP contribution is -2.01. The van der Waals surface area contributed by atoms with Gasteiger partial charge in [0.25, 0.3) is 0 Å². The van der Waals surface area contributed by atoms with Gasteiger partial charge >= 0.3 is 0 Å². The zero-order chi connectivity index (χ0) is 14.4. The largest absolute Gasteiger partial charge is 0.396 e. The smallest absolute Gasteiger partial charge is 0.149 e. The number of aliphatic hydroxyl groups is 1. The molecule has 2 heterocycles. The third-order valence-corrected chi connectivity index (χ3v) is 4.72. The van der Waals surface area contributed by atoms with E-state index in [2.05, 4.69) is 14.7 Å². The van der Waals surface area contributed by atoms with Crippen molar-refractivity contribution in [2.45, 2.75) is 32.6 Å². The number of rotatable bonds is 8. The Morgan fingerprint density at radius 2 is 2.10 bits per heavy atom. The van der Waals surface area contributed by atoms with Crippen LogP contribution >= 0.6 is 22.9 Å². The number of hydrogen-bond donors (Lipinski definition) is 3. The van der Waals surface area contributed by atoms with Crippen LogP contribution in [0.2, 0.25) is 0 Å². The van der Waals surface area contributed by atoms with Crippen LogP contribution in [0.15, 0.2) is 5.38 Å². The topological polar surface area (TPSA) is 84.1 Å². The third kappa shape index (κ3) is 3.91. The molecule has 0 aliphatic carbocycles. The number of aromatic nitrogens is 2. The van der Waals surface area contributed by atoms with Gasteiger partial charge in [-0.1, -0.05) is 12.8 Å². The highest BCUT2D eigenvalue weighted by molar-refractivity contribution is 7.15. The van der Waals surface area contributed by atoms with Gasteiger partial charge in [0.05, 0.1) is 5.56 Å². The Kier molecular flexibility index (Phi) is 5.75. The predicted octanol–water partition coefficient (Wildman–Crippen LogP) is 3.12. The van der Waals surface area contributed by atoms with Gasteiger partial charge in [0.2, 0.25) is 0 Å². The van der Waals surface area contributed by atoms with E-state index >= 15 is 0 Å². The van der Waals surface area contributed by atoms with Crippen molar-refractivity contribution in [2.75, 3.05) is 24.2 Å². The Bertz CT molecular complexity index is 538. The Morgan fingerprint density at radius 1 is 1.30 bits per heavy atom. The predicted molar refractivity (Wildman–Crippen MR) is 86.4 cm³/mol. The zero-order valence-corrected chi connectivity index (χ0v) is 13.2. The number of nitrogens with zero attached hydrogens (tertiary/aromatic N) is 2. The van der Waals surface area contributed by atoms with E-state index in [1.165, 1.54) is 11.5 Å². The molecule has 0 unspecified atom stereocenters. The third-order valence-electron chi connectivity index (χ3n) is 2.92. The minimum atomic E-state index is 0.284. The van der Waals surface area contributed by atoms with Crippen LogP contribution in [0.5, 0.6) is 0 Å². The zero-order valence-electron chi connectivity index (χ0n) is 11.6. The highest BCUT2D eigenvalue weighted by atomic mass is 32.1. The van der Waals surface area contributed by atoms with E-state index in [1.807, 2.05) is 12.3 Å². The summed E-state index contributed by atoms with van der Waals surface area (Å²) in [6.07, 6.45) is 4.15. The van der Waals surface area contributed by atoms with Gasteiger partial charge in [0, 0.05) is 24.2 Å². The summed E-state index contributed by atoms with van der Waals surface area (Å²) in [5, 5.41) is 16.1. The van der Waals surface area contributed by atoms with Crippen molar-refractivity contribution in [3.05, 3.63) is 11.1 Å². The number of anilines is 2. The number of thiazole rings is 1. The van der Waals surface area contributed by atoms with Crippen LogP contribution in [0, 0.1) is 6.92 Å². The average Bonchev–Trinajstić information content (AvgIpc) is 3.00. The van der Waals surface area contributed by atoms with Crippen LogP contribution in [-0.2, 0) is 0 Å². The van der Waals surface area contributed by atoms with Crippen LogP contribution in [0.3, 0.4) is 0 Å². The molecule has 2 aromatic rings. The first-order valence-electron chi connectivity index (χ1n) is 6.74. The molecule has 0 amide bonds. The standard InChI is InChI=1S/C13H20N4OS2/c1-9-8-19-13(16-9)10-11(14)17-20-12(10)15-6-4-2-3-5-7-18/h8,15,18H,2-7H2,1H3,(H2,14,17). The Hall–Kier alpha value is -1.18. The fourth-order valence-corrected chi connectivity index (χ4v) is 3.55. The fourth-order valence-electron chi connectivity index (χ4n) is 1.89. The van der Waals surface area contributed by atoms with Crippen molar-refractivity contribution in [1.82, 2.24) is 9.36 Å². The number of nitrogens with one attached hydrogen (secondary N) is 1. The second-order valence-corrected chi connectivity index (χ2v) is 6.26. The van der Waals surface area contributed by atoms with Crippen molar-refractivity contribution in [3.8, 4) is 10.6 Å². The summed E-state index contributed by atoms with van der Waals surface area (Å²) in [7, 11) is 0. The molecule has 0 saturated carbocycles. The molecular formula is C13H20N4OS2. The molecule has 0 aromatic carbocycles. The van der Waals surface area contributed by atoms with Gasteiger partial charge in [-0.3, -0.25) is 0 Å². The van der Waals surface area contributed by atoms with Crippen LogP contribution in [0.1, 0.15) is 31.4 Å². The number of unbranched alkanes of at least 4 members (excludes halogenated alkanes) is 3. The first-order chi connectivity index (χ1) is 9.72. The summed E-state index contributed by atoms with van der Waals surface area (Å²) in [6, 6.07) is 0. The number of nitrogens with two attached hydrogens (primary N) is 1. The molecule has 7 heteroatoms. The molecule has 0 bridgehead atoms. The van der Waals surface area contributed by atoms with Crippen LogP contribution in [0.25, 0.3) is 10.6 Å². The Balaban J connectivity index is 1.92. The lowest BCUT2D eigenvalue weighted by molar-refractivity contribution is 0.283. The van der Waals surface area contributed by atoms with Crippen LogP contribution in [0.4, 0.5) is 10.8 Å². The Morgan fingerprint density at radius 3 is 2.80 bits per heavy atom. The maximum atomic E-state index is 8.73. The highest BCUT2D eigenvalue weighted by Crippen LogP contribution is 2.38.